The second-order valence-corrected chi connectivity index (χ2v) is 6.15. The number of carbonyl (C=O) groups excluding carboxylic acids is 2. The summed E-state index contributed by atoms with van der Waals surface area (Å²) in [5.74, 6) is -0.990. The summed E-state index contributed by atoms with van der Waals surface area (Å²) in [6.07, 6.45) is 3.57. The van der Waals surface area contributed by atoms with E-state index in [4.69, 9.17) is 0 Å². The first-order chi connectivity index (χ1) is 12.1. The number of rotatable bonds is 5. The molecule has 3 rings (SSSR count). The number of carbonyl (C=O) groups is 2. The van der Waals surface area contributed by atoms with Gasteiger partial charge in [0.2, 0.25) is 5.91 Å². The van der Waals surface area contributed by atoms with E-state index in [2.05, 4.69) is 15.6 Å². The van der Waals surface area contributed by atoms with Crippen LogP contribution < -0.4 is 16.2 Å². The molecule has 0 fully saturated rings. The second-order valence-electron chi connectivity index (χ2n) is 5.27. The summed E-state index contributed by atoms with van der Waals surface area (Å²) < 4.78 is 1.30. The van der Waals surface area contributed by atoms with Crippen LogP contribution in [0.15, 0.2) is 46.8 Å². The molecule has 0 saturated heterocycles. The van der Waals surface area contributed by atoms with Crippen molar-refractivity contribution in [3.8, 4) is 0 Å². The maximum atomic E-state index is 12.2. The number of nitrogens with zero attached hydrogens (tertiary/aromatic N) is 2. The molecule has 2 heterocycles. The quantitative estimate of drug-likeness (QED) is 0.728. The Hall–Kier alpha value is -3.00. The molecule has 1 aromatic carbocycles. The lowest BCUT2D eigenvalue weighted by Gasteiger charge is -2.10. The second kappa shape index (κ2) is 7.27. The third-order valence-electron chi connectivity index (χ3n) is 3.67. The standard InChI is InChI=1S/C17H16N4O3S/c1-2-11-5-3-4-6-13(11)20-14(22)10-18-15(23)12-9-19-17-21(16(12)24)7-8-25-17/h3-9H,2,10H2,1H3,(H,18,23)(H,20,22). The van der Waals surface area contributed by atoms with Gasteiger partial charge >= 0.3 is 0 Å². The Morgan fingerprint density at radius 1 is 1.28 bits per heavy atom. The first-order valence-corrected chi connectivity index (χ1v) is 8.59. The molecule has 0 saturated carbocycles. The lowest BCUT2D eigenvalue weighted by Crippen LogP contribution is -2.36. The average Bonchev–Trinajstić information content (AvgIpc) is 3.10. The number of hydrogen-bond acceptors (Lipinski definition) is 5. The third kappa shape index (κ3) is 3.58. The maximum Gasteiger partial charge on any atom is 0.271 e. The number of aryl methyl sites for hydroxylation is 1. The number of aromatic nitrogens is 2. The van der Waals surface area contributed by atoms with Gasteiger partial charge in [0.15, 0.2) is 4.96 Å². The topological polar surface area (TPSA) is 92.6 Å². The van der Waals surface area contributed by atoms with Crippen LogP contribution >= 0.6 is 11.3 Å². The summed E-state index contributed by atoms with van der Waals surface area (Å²) in [7, 11) is 0. The van der Waals surface area contributed by atoms with E-state index in [9.17, 15) is 14.4 Å². The van der Waals surface area contributed by atoms with Gasteiger partial charge in [0.1, 0.15) is 5.56 Å². The first-order valence-electron chi connectivity index (χ1n) is 7.71. The number of amides is 2. The minimum Gasteiger partial charge on any atom is -0.343 e. The fourth-order valence-corrected chi connectivity index (χ4v) is 3.06. The highest BCUT2D eigenvalue weighted by molar-refractivity contribution is 7.15. The van der Waals surface area contributed by atoms with E-state index in [1.807, 2.05) is 25.1 Å². The van der Waals surface area contributed by atoms with Gasteiger partial charge in [-0.15, -0.1) is 11.3 Å². The van der Waals surface area contributed by atoms with Crippen molar-refractivity contribution in [2.45, 2.75) is 13.3 Å². The monoisotopic (exact) mass is 356 g/mol. The molecule has 0 radical (unpaired) electrons. The first kappa shape index (κ1) is 16.8. The molecule has 8 heteroatoms. The zero-order chi connectivity index (χ0) is 17.8. The smallest absolute Gasteiger partial charge is 0.271 e. The van der Waals surface area contributed by atoms with E-state index in [0.717, 1.165) is 12.0 Å². The largest absolute Gasteiger partial charge is 0.343 e. The summed E-state index contributed by atoms with van der Waals surface area (Å²) >= 11 is 1.30. The zero-order valence-electron chi connectivity index (χ0n) is 13.5. The van der Waals surface area contributed by atoms with Crippen molar-refractivity contribution in [3.05, 3.63) is 63.5 Å². The molecule has 0 unspecified atom stereocenters. The van der Waals surface area contributed by atoms with E-state index < -0.39 is 11.5 Å². The number of anilines is 1. The van der Waals surface area contributed by atoms with E-state index in [1.54, 1.807) is 17.6 Å². The van der Waals surface area contributed by atoms with Crippen LogP contribution in [0.3, 0.4) is 0 Å². The van der Waals surface area contributed by atoms with Crippen molar-refractivity contribution in [3.63, 3.8) is 0 Å². The predicted molar refractivity (Wildman–Crippen MR) is 96.1 cm³/mol. The molecule has 0 spiro atoms. The molecular formula is C17H16N4O3S. The van der Waals surface area contributed by atoms with Crippen LogP contribution in [0, 0.1) is 0 Å². The SMILES string of the molecule is CCc1ccccc1NC(=O)CNC(=O)c1cnc2sccn2c1=O. The Balaban J connectivity index is 1.66. The number of para-hydroxylation sites is 1. The molecule has 25 heavy (non-hydrogen) atoms. The summed E-state index contributed by atoms with van der Waals surface area (Å²) in [5.41, 5.74) is 1.16. The minimum atomic E-state index is -0.628. The minimum absolute atomic E-state index is 0.0994. The normalized spacial score (nSPS) is 10.6. The fourth-order valence-electron chi connectivity index (χ4n) is 2.38. The number of thiazole rings is 1. The molecule has 3 aromatic rings. The van der Waals surface area contributed by atoms with Gasteiger partial charge in [0, 0.05) is 23.5 Å². The van der Waals surface area contributed by atoms with E-state index in [0.29, 0.717) is 10.6 Å². The molecular weight excluding hydrogens is 340 g/mol. The highest BCUT2D eigenvalue weighted by Crippen LogP contribution is 2.15. The predicted octanol–water partition coefficient (Wildman–Crippen LogP) is 1.69. The number of nitrogens with one attached hydrogen (secondary N) is 2. The lowest BCUT2D eigenvalue weighted by molar-refractivity contribution is -0.115. The van der Waals surface area contributed by atoms with E-state index in [1.165, 1.54) is 21.9 Å². The molecule has 2 aromatic heterocycles. The summed E-state index contributed by atoms with van der Waals surface area (Å²) in [6.45, 7) is 1.76. The lowest BCUT2D eigenvalue weighted by atomic mass is 10.1. The van der Waals surface area contributed by atoms with Gasteiger partial charge in [-0.05, 0) is 18.1 Å². The van der Waals surface area contributed by atoms with Crippen molar-refractivity contribution in [2.75, 3.05) is 11.9 Å². The van der Waals surface area contributed by atoms with Gasteiger partial charge in [-0.2, -0.15) is 0 Å². The van der Waals surface area contributed by atoms with Gasteiger partial charge < -0.3 is 10.6 Å². The van der Waals surface area contributed by atoms with Gasteiger partial charge in [-0.25, -0.2) is 4.98 Å². The Bertz CT molecular complexity index is 993. The number of benzene rings is 1. The average molecular weight is 356 g/mol. The molecule has 0 aliphatic rings. The Kier molecular flexibility index (Phi) is 4.90. The van der Waals surface area contributed by atoms with Crippen molar-refractivity contribution >= 4 is 33.8 Å². The molecule has 2 amide bonds. The van der Waals surface area contributed by atoms with Gasteiger partial charge in [0.25, 0.3) is 11.5 Å². The van der Waals surface area contributed by atoms with Crippen LogP contribution in [0.5, 0.6) is 0 Å². The van der Waals surface area contributed by atoms with Crippen molar-refractivity contribution in [2.24, 2.45) is 0 Å². The number of fused-ring (bicyclic) bond motifs is 1. The molecule has 0 aliphatic carbocycles. The molecule has 0 aliphatic heterocycles. The highest BCUT2D eigenvalue weighted by atomic mass is 32.1. The Labute approximate surface area is 147 Å². The Morgan fingerprint density at radius 3 is 2.88 bits per heavy atom. The molecule has 0 bridgehead atoms. The molecule has 7 nitrogen and oxygen atoms in total. The van der Waals surface area contributed by atoms with Crippen LogP contribution in [0.25, 0.3) is 4.96 Å². The summed E-state index contributed by atoms with van der Waals surface area (Å²) in [4.78, 5) is 41.0. The van der Waals surface area contributed by atoms with Crippen LogP contribution in [-0.2, 0) is 11.2 Å². The van der Waals surface area contributed by atoms with Gasteiger partial charge in [-0.3, -0.25) is 18.8 Å². The summed E-state index contributed by atoms with van der Waals surface area (Å²) in [5, 5.41) is 6.92. The fraction of sp³-hybridized carbons (Fsp3) is 0.176. The van der Waals surface area contributed by atoms with E-state index >= 15 is 0 Å². The molecule has 128 valence electrons. The summed E-state index contributed by atoms with van der Waals surface area (Å²) in [6, 6.07) is 7.46. The molecule has 2 N–H and O–H groups in total. The molecule has 0 atom stereocenters. The van der Waals surface area contributed by atoms with Crippen LogP contribution in [0.1, 0.15) is 22.8 Å². The third-order valence-corrected chi connectivity index (χ3v) is 4.44. The van der Waals surface area contributed by atoms with Gasteiger partial charge in [-0.1, -0.05) is 25.1 Å². The Morgan fingerprint density at radius 2 is 2.08 bits per heavy atom. The van der Waals surface area contributed by atoms with Crippen LogP contribution in [-0.4, -0.2) is 27.7 Å². The van der Waals surface area contributed by atoms with Gasteiger partial charge in [0.05, 0.1) is 6.54 Å². The van der Waals surface area contributed by atoms with E-state index in [-0.39, 0.29) is 18.0 Å². The van der Waals surface area contributed by atoms with Crippen molar-refractivity contribution < 1.29 is 9.59 Å². The highest BCUT2D eigenvalue weighted by Gasteiger charge is 2.15. The number of hydrogen-bond donors (Lipinski definition) is 2. The zero-order valence-corrected chi connectivity index (χ0v) is 14.3. The van der Waals surface area contributed by atoms with Crippen molar-refractivity contribution in [1.82, 2.24) is 14.7 Å². The van der Waals surface area contributed by atoms with Crippen molar-refractivity contribution in [1.29, 1.82) is 0 Å². The maximum absolute atomic E-state index is 12.2. The van der Waals surface area contributed by atoms with Crippen LogP contribution in [0.2, 0.25) is 0 Å². The van der Waals surface area contributed by atoms with Crippen LogP contribution in [0.4, 0.5) is 5.69 Å².